The largest absolute Gasteiger partial charge is 0.356 e. The van der Waals surface area contributed by atoms with Gasteiger partial charge in [-0.3, -0.25) is 14.6 Å². The van der Waals surface area contributed by atoms with Crippen LogP contribution >= 0.6 is 24.0 Å². The van der Waals surface area contributed by atoms with E-state index in [1.165, 1.54) is 25.7 Å². The van der Waals surface area contributed by atoms with Gasteiger partial charge in [0.25, 0.3) is 0 Å². The van der Waals surface area contributed by atoms with Crippen LogP contribution in [0.2, 0.25) is 0 Å². The topological polar surface area (TPSA) is 85.8 Å². The predicted octanol–water partition coefficient (Wildman–Crippen LogP) is 2.26. The molecule has 2 saturated carbocycles. The molecule has 166 valence electrons. The van der Waals surface area contributed by atoms with E-state index in [0.717, 1.165) is 64.1 Å². The van der Waals surface area contributed by atoms with Crippen molar-refractivity contribution >= 4 is 41.8 Å². The Morgan fingerprint density at radius 2 is 1.62 bits per heavy atom. The zero-order valence-electron chi connectivity index (χ0n) is 17.8. The molecule has 3 aliphatic rings. The van der Waals surface area contributed by atoms with Crippen LogP contribution in [0.5, 0.6) is 0 Å². The number of nitrogens with zero attached hydrogens (tertiary/aromatic N) is 2. The highest BCUT2D eigenvalue weighted by Crippen LogP contribution is 2.27. The Labute approximate surface area is 192 Å². The zero-order valence-corrected chi connectivity index (χ0v) is 20.1. The highest BCUT2D eigenvalue weighted by atomic mass is 127. The summed E-state index contributed by atoms with van der Waals surface area (Å²) in [4.78, 5) is 30.8. The van der Waals surface area contributed by atoms with E-state index in [1.807, 2.05) is 4.90 Å². The van der Waals surface area contributed by atoms with Crippen molar-refractivity contribution in [2.24, 2.45) is 16.8 Å². The van der Waals surface area contributed by atoms with Crippen LogP contribution in [0.3, 0.4) is 0 Å². The van der Waals surface area contributed by atoms with Gasteiger partial charge in [0.05, 0.1) is 0 Å². The van der Waals surface area contributed by atoms with Crippen molar-refractivity contribution in [3.63, 3.8) is 0 Å². The maximum Gasteiger partial charge on any atom is 0.225 e. The van der Waals surface area contributed by atoms with Gasteiger partial charge >= 0.3 is 0 Å². The van der Waals surface area contributed by atoms with Gasteiger partial charge in [0.1, 0.15) is 0 Å². The summed E-state index contributed by atoms with van der Waals surface area (Å²) in [7, 11) is 1.77. The normalized spacial score (nSPS) is 23.1. The molecule has 0 aromatic carbocycles. The van der Waals surface area contributed by atoms with Crippen molar-refractivity contribution in [3.05, 3.63) is 0 Å². The molecule has 1 saturated heterocycles. The van der Waals surface area contributed by atoms with Gasteiger partial charge in [-0.1, -0.05) is 25.7 Å². The molecule has 1 heterocycles. The van der Waals surface area contributed by atoms with Gasteiger partial charge in [-0.15, -0.1) is 24.0 Å². The summed E-state index contributed by atoms with van der Waals surface area (Å²) in [5, 5.41) is 9.78. The smallest absolute Gasteiger partial charge is 0.225 e. The highest BCUT2D eigenvalue weighted by molar-refractivity contribution is 14.0. The minimum Gasteiger partial charge on any atom is -0.356 e. The van der Waals surface area contributed by atoms with E-state index < -0.39 is 0 Å². The summed E-state index contributed by atoms with van der Waals surface area (Å²) in [6.45, 7) is 3.08. The zero-order chi connectivity index (χ0) is 19.8. The van der Waals surface area contributed by atoms with E-state index in [-0.39, 0.29) is 47.8 Å². The van der Waals surface area contributed by atoms with Crippen molar-refractivity contribution < 1.29 is 9.59 Å². The second kappa shape index (κ2) is 12.6. The molecule has 3 fully saturated rings. The Kier molecular flexibility index (Phi) is 10.5. The molecular formula is C21H38IN5O2. The fourth-order valence-corrected chi connectivity index (χ4v) is 4.40. The van der Waals surface area contributed by atoms with Crippen LogP contribution < -0.4 is 16.0 Å². The van der Waals surface area contributed by atoms with Crippen LogP contribution in [0.25, 0.3) is 0 Å². The van der Waals surface area contributed by atoms with Crippen molar-refractivity contribution in [3.8, 4) is 0 Å². The minimum atomic E-state index is 0. The average molecular weight is 519 g/mol. The molecule has 2 amide bonds. The Bertz CT molecular complexity index is 561. The summed E-state index contributed by atoms with van der Waals surface area (Å²) in [6.07, 6.45) is 10.9. The fraction of sp³-hybridized carbons (Fsp3) is 0.857. The number of hydrogen-bond donors (Lipinski definition) is 3. The molecule has 8 heteroatoms. The molecule has 0 aromatic rings. The first-order chi connectivity index (χ1) is 13.7. The quantitative estimate of drug-likeness (QED) is 0.209. The summed E-state index contributed by atoms with van der Waals surface area (Å²) >= 11 is 0. The van der Waals surface area contributed by atoms with E-state index in [2.05, 4.69) is 20.9 Å². The number of aliphatic imine (C=N–C) groups is 1. The number of hydrogen-bond acceptors (Lipinski definition) is 3. The Morgan fingerprint density at radius 1 is 0.931 bits per heavy atom. The number of guanidine groups is 1. The lowest BCUT2D eigenvalue weighted by atomic mass is 9.85. The third-order valence-corrected chi connectivity index (χ3v) is 6.44. The number of amides is 2. The van der Waals surface area contributed by atoms with Crippen molar-refractivity contribution in [1.82, 2.24) is 20.9 Å². The third kappa shape index (κ3) is 7.29. The SMILES string of the molecule is CN=C(NCCCNC(=O)C1CCC1)NC1CCN(C(=O)C2CCCCC2)C1.I. The van der Waals surface area contributed by atoms with E-state index in [0.29, 0.717) is 12.5 Å². The molecule has 1 unspecified atom stereocenters. The molecule has 0 spiro atoms. The molecule has 1 atom stereocenters. The molecule has 0 radical (unpaired) electrons. The summed E-state index contributed by atoms with van der Waals surface area (Å²) in [5.41, 5.74) is 0. The number of halogens is 1. The molecule has 3 rings (SSSR count). The number of nitrogens with one attached hydrogen (secondary N) is 3. The summed E-state index contributed by atoms with van der Waals surface area (Å²) in [5.74, 6) is 1.85. The Balaban J connectivity index is 0.00000300. The van der Waals surface area contributed by atoms with Crippen LogP contribution in [0.4, 0.5) is 0 Å². The lowest BCUT2D eigenvalue weighted by Gasteiger charge is -2.26. The van der Waals surface area contributed by atoms with Crippen molar-refractivity contribution in [2.45, 2.75) is 70.3 Å². The van der Waals surface area contributed by atoms with E-state index in [1.54, 1.807) is 7.05 Å². The molecular weight excluding hydrogens is 481 g/mol. The maximum atomic E-state index is 12.7. The van der Waals surface area contributed by atoms with Crippen LogP contribution in [0.1, 0.15) is 64.2 Å². The van der Waals surface area contributed by atoms with Crippen molar-refractivity contribution in [2.75, 3.05) is 33.2 Å². The molecule has 7 nitrogen and oxygen atoms in total. The monoisotopic (exact) mass is 519 g/mol. The number of rotatable bonds is 7. The molecule has 29 heavy (non-hydrogen) atoms. The molecule has 2 aliphatic carbocycles. The first-order valence-corrected chi connectivity index (χ1v) is 11.2. The second-order valence-electron chi connectivity index (χ2n) is 8.52. The van der Waals surface area contributed by atoms with Gasteiger partial charge in [0, 0.05) is 51.1 Å². The van der Waals surface area contributed by atoms with Crippen LogP contribution in [0, 0.1) is 11.8 Å². The van der Waals surface area contributed by atoms with Gasteiger partial charge in [0.2, 0.25) is 11.8 Å². The van der Waals surface area contributed by atoms with E-state index in [4.69, 9.17) is 0 Å². The Morgan fingerprint density at radius 3 is 2.28 bits per heavy atom. The molecule has 0 bridgehead atoms. The minimum absolute atomic E-state index is 0. The molecule has 3 N–H and O–H groups in total. The average Bonchev–Trinajstić information content (AvgIpc) is 3.14. The second-order valence-corrected chi connectivity index (χ2v) is 8.52. The highest BCUT2D eigenvalue weighted by Gasteiger charge is 2.31. The van der Waals surface area contributed by atoms with Gasteiger partial charge < -0.3 is 20.9 Å². The summed E-state index contributed by atoms with van der Waals surface area (Å²) < 4.78 is 0. The van der Waals surface area contributed by atoms with Gasteiger partial charge in [-0.25, -0.2) is 0 Å². The first-order valence-electron chi connectivity index (χ1n) is 11.2. The first kappa shape index (κ1) is 24.2. The fourth-order valence-electron chi connectivity index (χ4n) is 4.40. The van der Waals surface area contributed by atoms with E-state index >= 15 is 0 Å². The van der Waals surface area contributed by atoms with Gasteiger partial charge in [0.15, 0.2) is 5.96 Å². The molecule has 1 aliphatic heterocycles. The maximum absolute atomic E-state index is 12.7. The van der Waals surface area contributed by atoms with Crippen molar-refractivity contribution in [1.29, 1.82) is 0 Å². The third-order valence-electron chi connectivity index (χ3n) is 6.44. The van der Waals surface area contributed by atoms with Gasteiger partial charge in [-0.2, -0.15) is 0 Å². The number of carbonyl (C=O) groups excluding carboxylic acids is 2. The van der Waals surface area contributed by atoms with Crippen LogP contribution in [-0.4, -0.2) is 61.9 Å². The number of likely N-dealkylation sites (tertiary alicyclic amines) is 1. The molecule has 0 aromatic heterocycles. The predicted molar refractivity (Wildman–Crippen MR) is 126 cm³/mol. The Hall–Kier alpha value is -1.06. The summed E-state index contributed by atoms with van der Waals surface area (Å²) in [6, 6.07) is 0.261. The number of carbonyl (C=O) groups is 2. The van der Waals surface area contributed by atoms with E-state index in [9.17, 15) is 9.59 Å². The van der Waals surface area contributed by atoms with Gasteiger partial charge in [-0.05, 0) is 38.5 Å². The van der Waals surface area contributed by atoms with Crippen LogP contribution in [0.15, 0.2) is 4.99 Å². The lowest BCUT2D eigenvalue weighted by Crippen LogP contribution is -2.46. The lowest BCUT2D eigenvalue weighted by molar-refractivity contribution is -0.135. The van der Waals surface area contributed by atoms with Crippen LogP contribution in [-0.2, 0) is 9.59 Å². The standard InChI is InChI=1S/C21H37N5O2.HI/c1-22-21(24-13-6-12-23-19(27)16-9-5-10-16)25-18-11-14-26(15-18)20(28)17-7-3-2-4-8-17;/h16-18H,2-15H2,1H3,(H,23,27)(H2,22,24,25);1H.